The van der Waals surface area contributed by atoms with Crippen molar-refractivity contribution in [2.45, 2.75) is 30.9 Å². The SMILES string of the molecule is C#CCOCC1CCN(S(=O)(=O)C2CC2)CC1. The fraction of sp³-hybridized carbons (Fsp3) is 0.833. The quantitative estimate of drug-likeness (QED) is 0.541. The minimum Gasteiger partial charge on any atom is -0.369 e. The molecule has 17 heavy (non-hydrogen) atoms. The number of hydrogen-bond donors (Lipinski definition) is 0. The van der Waals surface area contributed by atoms with E-state index in [4.69, 9.17) is 11.2 Å². The van der Waals surface area contributed by atoms with Crippen molar-refractivity contribution < 1.29 is 13.2 Å². The summed E-state index contributed by atoms with van der Waals surface area (Å²) in [4.78, 5) is 0. The summed E-state index contributed by atoms with van der Waals surface area (Å²) in [7, 11) is -2.98. The van der Waals surface area contributed by atoms with Gasteiger partial charge in [-0.3, -0.25) is 0 Å². The van der Waals surface area contributed by atoms with Crippen LogP contribution in [-0.2, 0) is 14.8 Å². The van der Waals surface area contributed by atoms with E-state index in [0.717, 1.165) is 25.7 Å². The zero-order valence-electron chi connectivity index (χ0n) is 9.97. The molecule has 1 aliphatic heterocycles. The molecule has 0 aromatic heterocycles. The second kappa shape index (κ2) is 5.38. The lowest BCUT2D eigenvalue weighted by molar-refractivity contribution is 0.101. The van der Waals surface area contributed by atoms with Crippen LogP contribution in [0.4, 0.5) is 0 Å². The van der Waals surface area contributed by atoms with Gasteiger partial charge in [0.25, 0.3) is 0 Å². The molecule has 0 radical (unpaired) electrons. The van der Waals surface area contributed by atoms with Crippen molar-refractivity contribution in [3.63, 3.8) is 0 Å². The molecule has 0 unspecified atom stereocenters. The highest BCUT2D eigenvalue weighted by Crippen LogP contribution is 2.33. The van der Waals surface area contributed by atoms with Gasteiger partial charge in [0.05, 0.1) is 11.9 Å². The molecule has 0 N–H and O–H groups in total. The standard InChI is InChI=1S/C12H19NO3S/c1-2-9-16-10-11-5-7-13(8-6-11)17(14,15)12-3-4-12/h1,11-12H,3-10H2. The fourth-order valence-corrected chi connectivity index (χ4v) is 4.06. The summed E-state index contributed by atoms with van der Waals surface area (Å²) < 4.78 is 30.9. The predicted octanol–water partition coefficient (Wildman–Crippen LogP) is 0.840. The van der Waals surface area contributed by atoms with Gasteiger partial charge in [0.15, 0.2) is 0 Å². The second-order valence-electron chi connectivity index (χ2n) is 4.81. The van der Waals surface area contributed by atoms with Crippen LogP contribution in [0.1, 0.15) is 25.7 Å². The zero-order valence-corrected chi connectivity index (χ0v) is 10.8. The summed E-state index contributed by atoms with van der Waals surface area (Å²) in [6, 6.07) is 0. The van der Waals surface area contributed by atoms with Crippen molar-refractivity contribution in [1.82, 2.24) is 4.31 Å². The van der Waals surface area contributed by atoms with Crippen LogP contribution in [-0.4, -0.2) is 44.3 Å². The smallest absolute Gasteiger partial charge is 0.216 e. The van der Waals surface area contributed by atoms with Crippen LogP contribution in [0.3, 0.4) is 0 Å². The van der Waals surface area contributed by atoms with Crippen molar-refractivity contribution in [3.05, 3.63) is 0 Å². The van der Waals surface area contributed by atoms with Gasteiger partial charge in [-0.15, -0.1) is 6.42 Å². The van der Waals surface area contributed by atoms with Crippen LogP contribution in [0, 0.1) is 18.3 Å². The Morgan fingerprint density at radius 3 is 2.41 bits per heavy atom. The van der Waals surface area contributed by atoms with Crippen molar-refractivity contribution in [1.29, 1.82) is 0 Å². The van der Waals surface area contributed by atoms with Gasteiger partial charge in [0.2, 0.25) is 10.0 Å². The van der Waals surface area contributed by atoms with Crippen molar-refractivity contribution >= 4 is 10.0 Å². The highest BCUT2D eigenvalue weighted by atomic mass is 32.2. The average Bonchev–Trinajstić information content (AvgIpc) is 3.14. The molecule has 2 fully saturated rings. The minimum absolute atomic E-state index is 0.0864. The van der Waals surface area contributed by atoms with Gasteiger partial charge in [-0.05, 0) is 31.6 Å². The molecule has 0 aromatic rings. The highest BCUT2D eigenvalue weighted by Gasteiger charge is 2.41. The molecule has 0 bridgehead atoms. The Morgan fingerprint density at radius 2 is 1.88 bits per heavy atom. The molecule has 0 aromatic carbocycles. The molecular formula is C12H19NO3S. The third-order valence-corrected chi connectivity index (χ3v) is 5.82. The molecule has 0 atom stereocenters. The molecule has 4 nitrogen and oxygen atoms in total. The maximum Gasteiger partial charge on any atom is 0.216 e. The number of ether oxygens (including phenoxy) is 1. The Labute approximate surface area is 103 Å². The van der Waals surface area contributed by atoms with Crippen LogP contribution in [0.25, 0.3) is 0 Å². The third-order valence-electron chi connectivity index (χ3n) is 3.42. The normalized spacial score (nSPS) is 23.5. The minimum atomic E-state index is -2.98. The molecule has 1 saturated heterocycles. The largest absolute Gasteiger partial charge is 0.369 e. The molecule has 2 aliphatic rings. The number of rotatable bonds is 5. The number of piperidine rings is 1. The lowest BCUT2D eigenvalue weighted by atomic mass is 9.99. The van der Waals surface area contributed by atoms with E-state index in [-0.39, 0.29) is 5.25 Å². The Bertz CT molecular complexity index is 386. The van der Waals surface area contributed by atoms with Crippen molar-refractivity contribution in [3.8, 4) is 12.3 Å². The van der Waals surface area contributed by atoms with Gasteiger partial charge in [-0.2, -0.15) is 0 Å². The molecule has 5 heteroatoms. The first kappa shape index (κ1) is 12.9. The molecule has 0 spiro atoms. The van der Waals surface area contributed by atoms with Crippen LogP contribution < -0.4 is 0 Å². The predicted molar refractivity (Wildman–Crippen MR) is 65.9 cm³/mol. The number of hydrogen-bond acceptors (Lipinski definition) is 3. The number of terminal acetylenes is 1. The summed E-state index contributed by atoms with van der Waals surface area (Å²) >= 11 is 0. The molecule has 1 saturated carbocycles. The van der Waals surface area contributed by atoms with Crippen LogP contribution >= 0.6 is 0 Å². The lowest BCUT2D eigenvalue weighted by Crippen LogP contribution is -2.41. The van der Waals surface area contributed by atoms with E-state index in [0.29, 0.717) is 32.2 Å². The summed E-state index contributed by atoms with van der Waals surface area (Å²) in [6.45, 7) is 2.29. The molecule has 1 aliphatic carbocycles. The maximum absolute atomic E-state index is 12.0. The highest BCUT2D eigenvalue weighted by molar-refractivity contribution is 7.90. The van der Waals surface area contributed by atoms with E-state index in [2.05, 4.69) is 5.92 Å². The maximum atomic E-state index is 12.0. The third kappa shape index (κ3) is 3.21. The van der Waals surface area contributed by atoms with Crippen LogP contribution in [0.5, 0.6) is 0 Å². The monoisotopic (exact) mass is 257 g/mol. The first-order valence-corrected chi connectivity index (χ1v) is 7.65. The van der Waals surface area contributed by atoms with Gasteiger partial charge < -0.3 is 4.74 Å². The number of nitrogens with zero attached hydrogens (tertiary/aromatic N) is 1. The van der Waals surface area contributed by atoms with Gasteiger partial charge in [0.1, 0.15) is 6.61 Å². The van der Waals surface area contributed by atoms with E-state index in [1.165, 1.54) is 0 Å². The Hall–Kier alpha value is -0.570. The molecule has 0 amide bonds. The first-order chi connectivity index (χ1) is 8.14. The Morgan fingerprint density at radius 1 is 1.24 bits per heavy atom. The molecule has 2 rings (SSSR count). The fourth-order valence-electron chi connectivity index (χ4n) is 2.19. The first-order valence-electron chi connectivity index (χ1n) is 6.14. The summed E-state index contributed by atoms with van der Waals surface area (Å²) in [5, 5.41) is -0.0864. The van der Waals surface area contributed by atoms with Crippen LogP contribution in [0.2, 0.25) is 0 Å². The topological polar surface area (TPSA) is 46.6 Å². The molecular weight excluding hydrogens is 238 g/mol. The number of sulfonamides is 1. The van der Waals surface area contributed by atoms with Gasteiger partial charge >= 0.3 is 0 Å². The van der Waals surface area contributed by atoms with Gasteiger partial charge in [-0.25, -0.2) is 12.7 Å². The second-order valence-corrected chi connectivity index (χ2v) is 7.02. The average molecular weight is 257 g/mol. The summed E-state index contributed by atoms with van der Waals surface area (Å²) in [6.07, 6.45) is 8.55. The van der Waals surface area contributed by atoms with Crippen molar-refractivity contribution in [2.24, 2.45) is 5.92 Å². The van der Waals surface area contributed by atoms with Gasteiger partial charge in [0, 0.05) is 13.1 Å². The van der Waals surface area contributed by atoms with E-state index in [1.807, 2.05) is 0 Å². The molecule has 96 valence electrons. The van der Waals surface area contributed by atoms with E-state index < -0.39 is 10.0 Å². The lowest BCUT2D eigenvalue weighted by Gasteiger charge is -2.31. The zero-order chi connectivity index (χ0) is 12.3. The Kier molecular flexibility index (Phi) is 4.08. The van der Waals surface area contributed by atoms with Crippen LogP contribution in [0.15, 0.2) is 0 Å². The van der Waals surface area contributed by atoms with E-state index >= 15 is 0 Å². The molecule has 1 heterocycles. The van der Waals surface area contributed by atoms with E-state index in [9.17, 15) is 8.42 Å². The van der Waals surface area contributed by atoms with Gasteiger partial charge in [-0.1, -0.05) is 5.92 Å². The van der Waals surface area contributed by atoms with Crippen molar-refractivity contribution in [2.75, 3.05) is 26.3 Å². The van der Waals surface area contributed by atoms with E-state index in [1.54, 1.807) is 4.31 Å². The Balaban J connectivity index is 1.76. The summed E-state index contributed by atoms with van der Waals surface area (Å²) in [5.41, 5.74) is 0. The summed E-state index contributed by atoms with van der Waals surface area (Å²) in [5.74, 6) is 2.89.